The molecule has 118 valence electrons. The largest absolute Gasteiger partial charge is 0.482 e. The average molecular weight is 293 g/mol. The highest BCUT2D eigenvalue weighted by Crippen LogP contribution is 2.26. The number of aryl methyl sites for hydroxylation is 1. The smallest absolute Gasteiger partial charge is 0.344 e. The second-order valence-corrected chi connectivity index (χ2v) is 5.18. The Morgan fingerprint density at radius 2 is 2.10 bits per heavy atom. The molecule has 4 heteroatoms. The van der Waals surface area contributed by atoms with Crippen LogP contribution in [0.3, 0.4) is 0 Å². The van der Waals surface area contributed by atoms with Crippen molar-refractivity contribution in [2.45, 2.75) is 46.6 Å². The zero-order valence-electron chi connectivity index (χ0n) is 13.6. The van der Waals surface area contributed by atoms with Crippen LogP contribution in [0.4, 0.5) is 0 Å². The standard InChI is InChI=1S/C17H27NO3/c1-5-7-10-20-17(19)12-21-16-9-8-13(3)11-15(16)14(4)18-6-2/h8-9,11,14,18H,5-7,10,12H2,1-4H3. The van der Waals surface area contributed by atoms with Crippen LogP contribution in [0.25, 0.3) is 0 Å². The lowest BCUT2D eigenvalue weighted by Gasteiger charge is -2.18. The van der Waals surface area contributed by atoms with Crippen LogP contribution < -0.4 is 10.1 Å². The summed E-state index contributed by atoms with van der Waals surface area (Å²) in [6, 6.07) is 6.17. The Morgan fingerprint density at radius 3 is 2.76 bits per heavy atom. The maximum absolute atomic E-state index is 11.6. The summed E-state index contributed by atoms with van der Waals surface area (Å²) in [7, 11) is 0. The van der Waals surface area contributed by atoms with Gasteiger partial charge in [-0.05, 0) is 32.9 Å². The highest BCUT2D eigenvalue weighted by atomic mass is 16.6. The summed E-state index contributed by atoms with van der Waals surface area (Å²) >= 11 is 0. The van der Waals surface area contributed by atoms with Crippen molar-refractivity contribution in [1.82, 2.24) is 5.32 Å². The minimum Gasteiger partial charge on any atom is -0.482 e. The molecule has 0 amide bonds. The van der Waals surface area contributed by atoms with E-state index < -0.39 is 0 Å². The van der Waals surface area contributed by atoms with Crippen molar-refractivity contribution < 1.29 is 14.3 Å². The third-order valence-electron chi connectivity index (χ3n) is 3.25. The zero-order chi connectivity index (χ0) is 15.7. The second-order valence-electron chi connectivity index (χ2n) is 5.18. The number of carbonyl (C=O) groups is 1. The monoisotopic (exact) mass is 293 g/mol. The molecule has 0 bridgehead atoms. The Kier molecular flexibility index (Phi) is 7.83. The summed E-state index contributed by atoms with van der Waals surface area (Å²) in [5.41, 5.74) is 2.24. The number of esters is 1. The van der Waals surface area contributed by atoms with E-state index in [4.69, 9.17) is 9.47 Å². The van der Waals surface area contributed by atoms with Crippen molar-refractivity contribution in [3.05, 3.63) is 29.3 Å². The van der Waals surface area contributed by atoms with E-state index in [1.54, 1.807) is 0 Å². The molecule has 0 aliphatic rings. The van der Waals surface area contributed by atoms with Crippen molar-refractivity contribution in [1.29, 1.82) is 0 Å². The van der Waals surface area contributed by atoms with Crippen molar-refractivity contribution in [2.75, 3.05) is 19.8 Å². The Morgan fingerprint density at radius 1 is 1.33 bits per heavy atom. The molecule has 1 aromatic carbocycles. The number of ether oxygens (including phenoxy) is 2. The van der Waals surface area contributed by atoms with Gasteiger partial charge in [0.25, 0.3) is 0 Å². The van der Waals surface area contributed by atoms with E-state index in [0.29, 0.717) is 6.61 Å². The highest BCUT2D eigenvalue weighted by Gasteiger charge is 2.13. The van der Waals surface area contributed by atoms with Crippen LogP contribution in [0.5, 0.6) is 5.75 Å². The molecule has 0 saturated carbocycles. The topological polar surface area (TPSA) is 47.6 Å². The lowest BCUT2D eigenvalue weighted by molar-refractivity contribution is -0.146. The summed E-state index contributed by atoms with van der Waals surface area (Å²) in [6.45, 7) is 9.57. The second kappa shape index (κ2) is 9.40. The van der Waals surface area contributed by atoms with E-state index in [1.807, 2.05) is 19.1 Å². The van der Waals surface area contributed by atoms with Crippen LogP contribution in [-0.4, -0.2) is 25.7 Å². The molecule has 0 saturated heterocycles. The average Bonchev–Trinajstić information content (AvgIpc) is 2.46. The number of benzene rings is 1. The number of carbonyl (C=O) groups excluding carboxylic acids is 1. The van der Waals surface area contributed by atoms with E-state index in [0.717, 1.165) is 30.7 Å². The minimum atomic E-state index is -0.314. The molecule has 1 N–H and O–H groups in total. The summed E-state index contributed by atoms with van der Waals surface area (Å²) < 4.78 is 10.7. The molecule has 21 heavy (non-hydrogen) atoms. The van der Waals surface area contributed by atoms with E-state index in [9.17, 15) is 4.79 Å². The molecule has 4 nitrogen and oxygen atoms in total. The van der Waals surface area contributed by atoms with E-state index in [2.05, 4.69) is 32.2 Å². The van der Waals surface area contributed by atoms with Gasteiger partial charge in [-0.1, -0.05) is 38.0 Å². The Hall–Kier alpha value is -1.55. The molecule has 0 radical (unpaired) electrons. The van der Waals surface area contributed by atoms with Gasteiger partial charge in [0.1, 0.15) is 5.75 Å². The lowest BCUT2D eigenvalue weighted by Crippen LogP contribution is -2.20. The van der Waals surface area contributed by atoms with Crippen LogP contribution >= 0.6 is 0 Å². The fraction of sp³-hybridized carbons (Fsp3) is 0.588. The molecule has 0 aromatic heterocycles. The predicted octanol–water partition coefficient (Wildman–Crippen LogP) is 3.39. The third kappa shape index (κ3) is 6.17. The minimum absolute atomic E-state index is 0.0430. The molecule has 0 spiro atoms. The molecule has 1 aromatic rings. The summed E-state index contributed by atoms with van der Waals surface area (Å²) in [5, 5.41) is 3.36. The number of rotatable bonds is 9. The summed E-state index contributed by atoms with van der Waals surface area (Å²) in [4.78, 5) is 11.6. The van der Waals surface area contributed by atoms with Gasteiger partial charge in [0, 0.05) is 11.6 Å². The summed E-state index contributed by atoms with van der Waals surface area (Å²) in [5.74, 6) is 0.424. The molecule has 1 rings (SSSR count). The van der Waals surface area contributed by atoms with Gasteiger partial charge in [-0.2, -0.15) is 0 Å². The number of hydrogen-bond donors (Lipinski definition) is 1. The molecule has 0 heterocycles. The van der Waals surface area contributed by atoms with Crippen LogP contribution in [0, 0.1) is 6.92 Å². The first kappa shape index (κ1) is 17.5. The number of unbranched alkanes of at least 4 members (excludes halogenated alkanes) is 1. The maximum Gasteiger partial charge on any atom is 0.344 e. The van der Waals surface area contributed by atoms with Gasteiger partial charge in [-0.3, -0.25) is 0 Å². The highest BCUT2D eigenvalue weighted by molar-refractivity contribution is 5.71. The van der Waals surface area contributed by atoms with Gasteiger partial charge >= 0.3 is 5.97 Å². The van der Waals surface area contributed by atoms with Crippen LogP contribution in [0.15, 0.2) is 18.2 Å². The molecular weight excluding hydrogens is 266 g/mol. The maximum atomic E-state index is 11.6. The SMILES string of the molecule is CCCCOC(=O)COc1ccc(C)cc1C(C)NCC. The molecule has 0 aliphatic carbocycles. The van der Waals surface area contributed by atoms with Gasteiger partial charge in [0.05, 0.1) is 6.61 Å². The lowest BCUT2D eigenvalue weighted by atomic mass is 10.0. The van der Waals surface area contributed by atoms with E-state index in [1.165, 1.54) is 5.56 Å². The molecular formula is C17H27NO3. The number of hydrogen-bond acceptors (Lipinski definition) is 4. The molecule has 0 aliphatic heterocycles. The third-order valence-corrected chi connectivity index (χ3v) is 3.25. The van der Waals surface area contributed by atoms with Crippen LogP contribution in [0.1, 0.15) is 50.8 Å². The summed E-state index contributed by atoms with van der Waals surface area (Å²) in [6.07, 6.45) is 1.90. The van der Waals surface area contributed by atoms with E-state index >= 15 is 0 Å². The Labute approximate surface area is 127 Å². The van der Waals surface area contributed by atoms with Crippen molar-refractivity contribution in [3.8, 4) is 5.75 Å². The van der Waals surface area contributed by atoms with Gasteiger partial charge in [-0.25, -0.2) is 4.79 Å². The molecule has 0 fully saturated rings. The van der Waals surface area contributed by atoms with Gasteiger partial charge < -0.3 is 14.8 Å². The number of nitrogens with one attached hydrogen (secondary N) is 1. The van der Waals surface area contributed by atoms with Gasteiger partial charge in [0.2, 0.25) is 0 Å². The Balaban J connectivity index is 2.63. The first-order chi connectivity index (χ1) is 10.1. The fourth-order valence-electron chi connectivity index (χ4n) is 2.06. The normalized spacial score (nSPS) is 12.0. The van der Waals surface area contributed by atoms with Gasteiger partial charge in [-0.15, -0.1) is 0 Å². The molecule has 1 atom stereocenters. The van der Waals surface area contributed by atoms with Gasteiger partial charge in [0.15, 0.2) is 6.61 Å². The van der Waals surface area contributed by atoms with Crippen LogP contribution in [0.2, 0.25) is 0 Å². The van der Waals surface area contributed by atoms with Crippen LogP contribution in [-0.2, 0) is 9.53 Å². The first-order valence-corrected chi connectivity index (χ1v) is 7.70. The fourth-order valence-corrected chi connectivity index (χ4v) is 2.06. The van der Waals surface area contributed by atoms with Crippen molar-refractivity contribution in [2.24, 2.45) is 0 Å². The Bertz CT molecular complexity index is 446. The first-order valence-electron chi connectivity index (χ1n) is 7.70. The molecule has 1 unspecified atom stereocenters. The quantitative estimate of drug-likeness (QED) is 0.560. The van der Waals surface area contributed by atoms with Crippen molar-refractivity contribution in [3.63, 3.8) is 0 Å². The van der Waals surface area contributed by atoms with E-state index in [-0.39, 0.29) is 18.6 Å². The predicted molar refractivity (Wildman–Crippen MR) is 84.6 cm³/mol. The van der Waals surface area contributed by atoms with Crippen molar-refractivity contribution >= 4 is 5.97 Å². The zero-order valence-corrected chi connectivity index (χ0v) is 13.6.